The average Bonchev–Trinajstić information content (AvgIpc) is 3.46. The number of carbonyl (C=O) groups is 1. The smallest absolute Gasteiger partial charge is 0.277 e. The molecule has 0 saturated heterocycles. The molecule has 0 fully saturated rings. The average molecular weight is 457 g/mol. The molecule has 2 aromatic carbocycles. The summed E-state index contributed by atoms with van der Waals surface area (Å²) in [6, 6.07) is 13.5. The zero-order valence-electron chi connectivity index (χ0n) is 16.5. The van der Waals surface area contributed by atoms with Gasteiger partial charge in [0.05, 0.1) is 24.0 Å². The first-order valence-corrected chi connectivity index (χ1v) is 10.6. The van der Waals surface area contributed by atoms with Crippen LogP contribution in [0.25, 0.3) is 11.5 Å². The van der Waals surface area contributed by atoms with Gasteiger partial charge in [0, 0.05) is 11.8 Å². The number of carbonyl (C=O) groups excluding carboxylic acids is 1. The molecule has 1 amide bonds. The number of hydrogen-bond donors (Lipinski definition) is 2. The number of anilines is 2. The Morgan fingerprint density at radius 1 is 1.06 bits per heavy atom. The van der Waals surface area contributed by atoms with Crippen LogP contribution in [-0.2, 0) is 10.0 Å². The zero-order valence-corrected chi connectivity index (χ0v) is 17.4. The molecular weight excluding hydrogens is 441 g/mol. The Kier molecular flexibility index (Phi) is 5.65. The lowest BCUT2D eigenvalue weighted by Gasteiger charge is -2.14. The van der Waals surface area contributed by atoms with Crippen LogP contribution in [0, 0.1) is 5.82 Å². The highest BCUT2D eigenvalue weighted by Gasteiger charge is 2.19. The first-order valence-electron chi connectivity index (χ1n) is 9.14. The lowest BCUT2D eigenvalue weighted by Crippen LogP contribution is -2.15. The van der Waals surface area contributed by atoms with Crippen LogP contribution in [0.5, 0.6) is 5.75 Å². The molecule has 0 unspecified atom stereocenters. The van der Waals surface area contributed by atoms with Gasteiger partial charge in [0.25, 0.3) is 15.9 Å². The van der Waals surface area contributed by atoms with E-state index < -0.39 is 21.7 Å². The van der Waals surface area contributed by atoms with Gasteiger partial charge in [-0.1, -0.05) is 5.16 Å². The number of sulfonamides is 1. The van der Waals surface area contributed by atoms with Crippen molar-refractivity contribution in [2.45, 2.75) is 4.90 Å². The second-order valence-corrected chi connectivity index (χ2v) is 8.16. The highest BCUT2D eigenvalue weighted by atomic mass is 32.2. The van der Waals surface area contributed by atoms with Crippen LogP contribution in [0.15, 0.2) is 80.8 Å². The van der Waals surface area contributed by atoms with E-state index in [1.54, 1.807) is 12.1 Å². The summed E-state index contributed by atoms with van der Waals surface area (Å²) < 4.78 is 56.3. The first kappa shape index (κ1) is 21.1. The van der Waals surface area contributed by atoms with Crippen molar-refractivity contribution in [3.05, 3.63) is 78.4 Å². The fourth-order valence-corrected chi connectivity index (χ4v) is 3.86. The quantitative estimate of drug-likeness (QED) is 0.427. The molecule has 0 radical (unpaired) electrons. The summed E-state index contributed by atoms with van der Waals surface area (Å²) in [4.78, 5) is 12.4. The molecule has 4 rings (SSSR count). The van der Waals surface area contributed by atoms with Crippen molar-refractivity contribution in [1.82, 2.24) is 5.16 Å². The maximum atomic E-state index is 13.1. The van der Waals surface area contributed by atoms with Gasteiger partial charge < -0.3 is 19.0 Å². The fourth-order valence-electron chi connectivity index (χ4n) is 2.80. The molecule has 0 aliphatic rings. The summed E-state index contributed by atoms with van der Waals surface area (Å²) in [5.41, 5.74) is 0.349. The highest BCUT2D eigenvalue weighted by molar-refractivity contribution is 7.92. The Bertz CT molecular complexity index is 1350. The van der Waals surface area contributed by atoms with E-state index in [0.717, 1.165) is 24.3 Å². The summed E-state index contributed by atoms with van der Waals surface area (Å²) in [6.45, 7) is 0. The Morgan fingerprint density at radius 3 is 2.53 bits per heavy atom. The van der Waals surface area contributed by atoms with Gasteiger partial charge in [0.15, 0.2) is 11.5 Å². The van der Waals surface area contributed by atoms with Gasteiger partial charge in [-0.2, -0.15) is 0 Å². The molecule has 2 heterocycles. The van der Waals surface area contributed by atoms with Gasteiger partial charge in [0.1, 0.15) is 11.6 Å². The van der Waals surface area contributed by atoms with E-state index in [1.807, 2.05) is 0 Å². The fraction of sp³-hybridized carbons (Fsp3) is 0.0476. The van der Waals surface area contributed by atoms with Crippen molar-refractivity contribution in [3.63, 3.8) is 0 Å². The van der Waals surface area contributed by atoms with Crippen molar-refractivity contribution in [3.8, 4) is 17.3 Å². The Hall–Kier alpha value is -4.12. The number of hydrogen-bond acceptors (Lipinski definition) is 7. The van der Waals surface area contributed by atoms with Gasteiger partial charge in [-0.15, -0.1) is 0 Å². The lowest BCUT2D eigenvalue weighted by atomic mass is 10.2. The molecule has 4 aromatic rings. The molecule has 0 saturated carbocycles. The van der Waals surface area contributed by atoms with Crippen molar-refractivity contribution >= 4 is 27.3 Å². The number of nitrogens with one attached hydrogen (secondary N) is 2. The lowest BCUT2D eigenvalue weighted by molar-refractivity contribution is 0.101. The number of aromatic nitrogens is 1. The minimum Gasteiger partial charge on any atom is -0.495 e. The van der Waals surface area contributed by atoms with E-state index in [2.05, 4.69) is 15.2 Å². The maximum absolute atomic E-state index is 13.1. The number of nitrogens with zero attached hydrogens (tertiary/aromatic N) is 1. The molecule has 164 valence electrons. The molecule has 9 nitrogen and oxygen atoms in total. The van der Waals surface area contributed by atoms with E-state index in [-0.39, 0.29) is 33.5 Å². The molecule has 0 atom stereocenters. The van der Waals surface area contributed by atoms with Crippen molar-refractivity contribution in [1.29, 1.82) is 0 Å². The van der Waals surface area contributed by atoms with Crippen LogP contribution in [0.4, 0.5) is 15.8 Å². The molecule has 11 heteroatoms. The van der Waals surface area contributed by atoms with Crippen LogP contribution in [0.3, 0.4) is 0 Å². The third-order valence-corrected chi connectivity index (χ3v) is 5.71. The molecule has 2 aromatic heterocycles. The van der Waals surface area contributed by atoms with E-state index >= 15 is 0 Å². The monoisotopic (exact) mass is 457 g/mol. The van der Waals surface area contributed by atoms with Crippen LogP contribution >= 0.6 is 0 Å². The number of rotatable bonds is 7. The second kappa shape index (κ2) is 8.55. The predicted octanol–water partition coefficient (Wildman–Crippen LogP) is 4.14. The van der Waals surface area contributed by atoms with E-state index in [9.17, 15) is 17.6 Å². The number of ether oxygens (including phenoxy) is 1. The summed E-state index contributed by atoms with van der Waals surface area (Å²) in [5, 5.41) is 6.33. The Morgan fingerprint density at radius 2 is 1.84 bits per heavy atom. The van der Waals surface area contributed by atoms with Gasteiger partial charge in [-0.25, -0.2) is 12.8 Å². The standard InChI is InChI=1S/C21H16FN3O6S/c1-29-18-9-6-14(11-16(18)25-32(27,28)15-7-4-13(22)5-8-15)23-21(26)17-12-20(31-24-17)19-3-2-10-30-19/h2-12,25H,1H3,(H,23,26). The third-order valence-electron chi connectivity index (χ3n) is 4.33. The number of amides is 1. The number of benzene rings is 2. The van der Waals surface area contributed by atoms with Crippen LogP contribution in [-0.4, -0.2) is 26.6 Å². The molecule has 2 N–H and O–H groups in total. The van der Waals surface area contributed by atoms with Gasteiger partial charge in [-0.3, -0.25) is 9.52 Å². The third kappa shape index (κ3) is 4.47. The van der Waals surface area contributed by atoms with Crippen molar-refractivity contribution in [2.24, 2.45) is 0 Å². The predicted molar refractivity (Wildman–Crippen MR) is 112 cm³/mol. The Balaban J connectivity index is 1.55. The topological polar surface area (TPSA) is 124 Å². The normalized spacial score (nSPS) is 11.2. The first-order chi connectivity index (χ1) is 15.4. The summed E-state index contributed by atoms with van der Waals surface area (Å²) in [6.07, 6.45) is 1.46. The largest absolute Gasteiger partial charge is 0.495 e. The minimum absolute atomic E-state index is 0.000612. The molecule has 0 aliphatic carbocycles. The second-order valence-electron chi connectivity index (χ2n) is 6.48. The molecule has 0 spiro atoms. The summed E-state index contributed by atoms with van der Waals surface area (Å²) in [5.74, 6) is -0.227. The number of methoxy groups -OCH3 is 1. The minimum atomic E-state index is -4.03. The van der Waals surface area contributed by atoms with Gasteiger partial charge >= 0.3 is 0 Å². The SMILES string of the molecule is COc1ccc(NC(=O)c2cc(-c3ccco3)on2)cc1NS(=O)(=O)c1ccc(F)cc1. The van der Waals surface area contributed by atoms with Crippen LogP contribution in [0.2, 0.25) is 0 Å². The van der Waals surface area contributed by atoms with E-state index in [1.165, 1.54) is 37.6 Å². The molecular formula is C21H16FN3O6S. The van der Waals surface area contributed by atoms with Crippen LogP contribution < -0.4 is 14.8 Å². The summed E-state index contributed by atoms with van der Waals surface area (Å²) >= 11 is 0. The van der Waals surface area contributed by atoms with Crippen molar-refractivity contribution in [2.75, 3.05) is 17.1 Å². The highest BCUT2D eigenvalue weighted by Crippen LogP contribution is 2.30. The van der Waals surface area contributed by atoms with Gasteiger partial charge in [0.2, 0.25) is 5.76 Å². The maximum Gasteiger partial charge on any atom is 0.277 e. The summed E-state index contributed by atoms with van der Waals surface area (Å²) in [7, 11) is -2.66. The number of halogens is 1. The van der Waals surface area contributed by atoms with Crippen LogP contribution in [0.1, 0.15) is 10.5 Å². The van der Waals surface area contributed by atoms with E-state index in [0.29, 0.717) is 5.76 Å². The van der Waals surface area contributed by atoms with Crippen molar-refractivity contribution < 1.29 is 31.3 Å². The molecule has 32 heavy (non-hydrogen) atoms. The van der Waals surface area contributed by atoms with Gasteiger partial charge in [-0.05, 0) is 54.6 Å². The van der Waals surface area contributed by atoms with E-state index in [4.69, 9.17) is 13.7 Å². The molecule has 0 aliphatic heterocycles. The molecule has 0 bridgehead atoms. The number of furan rings is 1. The zero-order chi connectivity index (χ0) is 22.7. The Labute approximate surface area is 181 Å².